The fourth-order valence-electron chi connectivity index (χ4n) is 1.36. The molecular formula is C12H22N4O. The predicted molar refractivity (Wildman–Crippen MR) is 69.1 cm³/mol. The van der Waals surface area contributed by atoms with Gasteiger partial charge in [0.1, 0.15) is 12.1 Å². The Kier molecular flexibility index (Phi) is 6.50. The zero-order chi connectivity index (χ0) is 12.5. The average Bonchev–Trinajstić information content (AvgIpc) is 2.34. The van der Waals surface area contributed by atoms with E-state index in [9.17, 15) is 0 Å². The van der Waals surface area contributed by atoms with E-state index in [1.54, 1.807) is 6.33 Å². The molecule has 5 heteroatoms. The highest BCUT2D eigenvalue weighted by Gasteiger charge is 2.02. The van der Waals surface area contributed by atoms with Crippen molar-refractivity contribution < 1.29 is 4.74 Å². The highest BCUT2D eigenvalue weighted by molar-refractivity contribution is 5.35. The largest absolute Gasteiger partial charge is 0.380 e. The third-order valence-corrected chi connectivity index (χ3v) is 2.31. The molecule has 1 rings (SSSR count). The molecule has 17 heavy (non-hydrogen) atoms. The van der Waals surface area contributed by atoms with Crippen LogP contribution in [0.2, 0.25) is 0 Å². The van der Waals surface area contributed by atoms with Crippen LogP contribution in [0, 0.1) is 0 Å². The minimum atomic E-state index is 0.423. The Morgan fingerprint density at radius 1 is 1.35 bits per heavy atom. The fraction of sp³-hybridized carbons (Fsp3) is 0.667. The Hall–Kier alpha value is -1.20. The third-order valence-electron chi connectivity index (χ3n) is 2.31. The molecule has 1 aromatic rings. The van der Waals surface area contributed by atoms with Crippen LogP contribution in [0.25, 0.3) is 0 Å². The molecule has 0 aliphatic heterocycles. The molecule has 0 aliphatic carbocycles. The molecule has 0 aromatic carbocycles. The van der Waals surface area contributed by atoms with Crippen LogP contribution in [0.5, 0.6) is 0 Å². The summed E-state index contributed by atoms with van der Waals surface area (Å²) in [6.07, 6.45) is 2.55. The van der Waals surface area contributed by atoms with Gasteiger partial charge in [-0.1, -0.05) is 13.8 Å². The van der Waals surface area contributed by atoms with E-state index in [1.165, 1.54) is 0 Å². The van der Waals surface area contributed by atoms with Crippen molar-refractivity contribution in [3.05, 3.63) is 18.1 Å². The van der Waals surface area contributed by atoms with Crippen molar-refractivity contribution in [2.24, 2.45) is 5.73 Å². The topological polar surface area (TPSA) is 73.1 Å². The zero-order valence-electron chi connectivity index (χ0n) is 10.6. The molecule has 3 N–H and O–H groups in total. The van der Waals surface area contributed by atoms with E-state index in [0.717, 1.165) is 31.1 Å². The van der Waals surface area contributed by atoms with Crippen molar-refractivity contribution in [3.63, 3.8) is 0 Å². The molecule has 0 atom stereocenters. The van der Waals surface area contributed by atoms with Crippen LogP contribution in [0.15, 0.2) is 12.4 Å². The summed E-state index contributed by atoms with van der Waals surface area (Å²) in [5.74, 6) is 1.30. The smallest absolute Gasteiger partial charge is 0.129 e. The third kappa shape index (κ3) is 5.60. The van der Waals surface area contributed by atoms with E-state index in [1.807, 2.05) is 6.07 Å². The van der Waals surface area contributed by atoms with E-state index in [0.29, 0.717) is 19.1 Å². The molecule has 1 aromatic heterocycles. The van der Waals surface area contributed by atoms with E-state index in [4.69, 9.17) is 10.5 Å². The SMILES string of the molecule is CC(C)c1cc(NCCCOCCN)ncn1. The molecule has 0 amide bonds. The quantitative estimate of drug-likeness (QED) is 0.669. The first-order valence-electron chi connectivity index (χ1n) is 6.07. The second kappa shape index (κ2) is 7.97. The van der Waals surface area contributed by atoms with Crippen molar-refractivity contribution in [3.8, 4) is 0 Å². The number of ether oxygens (including phenoxy) is 1. The molecule has 0 spiro atoms. The number of rotatable bonds is 8. The molecule has 0 aliphatic rings. The average molecular weight is 238 g/mol. The molecule has 0 fully saturated rings. The van der Waals surface area contributed by atoms with Crippen molar-refractivity contribution in [1.29, 1.82) is 0 Å². The van der Waals surface area contributed by atoms with Crippen molar-refractivity contribution >= 4 is 5.82 Å². The second-order valence-corrected chi connectivity index (χ2v) is 4.16. The lowest BCUT2D eigenvalue weighted by atomic mass is 10.1. The maximum Gasteiger partial charge on any atom is 0.129 e. The maximum atomic E-state index is 5.32. The highest BCUT2D eigenvalue weighted by Crippen LogP contribution is 2.13. The molecule has 0 bridgehead atoms. The monoisotopic (exact) mass is 238 g/mol. The maximum absolute atomic E-state index is 5.32. The standard InChI is InChI=1S/C12H22N4O/c1-10(2)11-8-12(16-9-15-11)14-5-3-6-17-7-4-13/h8-10H,3-7,13H2,1-2H3,(H,14,15,16). The summed E-state index contributed by atoms with van der Waals surface area (Å²) >= 11 is 0. The first-order valence-corrected chi connectivity index (χ1v) is 6.07. The summed E-state index contributed by atoms with van der Waals surface area (Å²) in [6, 6.07) is 1.99. The van der Waals surface area contributed by atoms with Crippen LogP contribution in [-0.2, 0) is 4.74 Å². The van der Waals surface area contributed by atoms with Crippen LogP contribution in [0.4, 0.5) is 5.82 Å². The van der Waals surface area contributed by atoms with E-state index < -0.39 is 0 Å². The van der Waals surface area contributed by atoms with Gasteiger partial charge in [0.25, 0.3) is 0 Å². The van der Waals surface area contributed by atoms with Gasteiger partial charge >= 0.3 is 0 Å². The van der Waals surface area contributed by atoms with Gasteiger partial charge in [0, 0.05) is 31.5 Å². The summed E-state index contributed by atoms with van der Waals surface area (Å²) < 4.78 is 5.28. The van der Waals surface area contributed by atoms with Gasteiger partial charge in [0.15, 0.2) is 0 Å². The number of nitrogens with zero attached hydrogens (tertiary/aromatic N) is 2. The number of nitrogens with two attached hydrogens (primary N) is 1. The lowest BCUT2D eigenvalue weighted by Crippen LogP contribution is -2.12. The fourth-order valence-corrected chi connectivity index (χ4v) is 1.36. The minimum Gasteiger partial charge on any atom is -0.380 e. The Morgan fingerprint density at radius 3 is 2.88 bits per heavy atom. The van der Waals surface area contributed by atoms with Gasteiger partial charge in [0.05, 0.1) is 6.61 Å². The summed E-state index contributed by atoms with van der Waals surface area (Å²) in [4.78, 5) is 8.39. The minimum absolute atomic E-state index is 0.423. The van der Waals surface area contributed by atoms with Crippen molar-refractivity contribution in [1.82, 2.24) is 9.97 Å². The first-order chi connectivity index (χ1) is 8.24. The molecular weight excluding hydrogens is 216 g/mol. The van der Waals surface area contributed by atoms with Gasteiger partial charge < -0.3 is 15.8 Å². The molecule has 0 radical (unpaired) electrons. The Morgan fingerprint density at radius 2 is 2.18 bits per heavy atom. The summed E-state index contributed by atoms with van der Waals surface area (Å²) in [5, 5.41) is 3.25. The molecule has 0 saturated carbocycles. The van der Waals surface area contributed by atoms with Gasteiger partial charge in [-0.2, -0.15) is 0 Å². The zero-order valence-corrected chi connectivity index (χ0v) is 10.6. The summed E-state index contributed by atoms with van der Waals surface area (Å²) in [7, 11) is 0. The van der Waals surface area contributed by atoms with Gasteiger partial charge in [-0.3, -0.25) is 0 Å². The van der Waals surface area contributed by atoms with Gasteiger partial charge in [-0.15, -0.1) is 0 Å². The number of anilines is 1. The van der Waals surface area contributed by atoms with E-state index in [-0.39, 0.29) is 0 Å². The van der Waals surface area contributed by atoms with Gasteiger partial charge in [0.2, 0.25) is 0 Å². The molecule has 1 heterocycles. The lowest BCUT2D eigenvalue weighted by molar-refractivity contribution is 0.141. The molecule has 96 valence electrons. The van der Waals surface area contributed by atoms with Crippen LogP contribution in [0.1, 0.15) is 31.9 Å². The predicted octanol–water partition coefficient (Wildman–Crippen LogP) is 1.38. The Labute approximate surface area is 103 Å². The molecule has 5 nitrogen and oxygen atoms in total. The van der Waals surface area contributed by atoms with Crippen LogP contribution in [-0.4, -0.2) is 36.3 Å². The second-order valence-electron chi connectivity index (χ2n) is 4.16. The lowest BCUT2D eigenvalue weighted by Gasteiger charge is -2.08. The molecule has 0 saturated heterocycles. The van der Waals surface area contributed by atoms with E-state index >= 15 is 0 Å². The first kappa shape index (κ1) is 13.9. The van der Waals surface area contributed by atoms with Crippen LogP contribution < -0.4 is 11.1 Å². The molecule has 0 unspecified atom stereocenters. The number of hydrogen-bond acceptors (Lipinski definition) is 5. The number of nitrogens with one attached hydrogen (secondary N) is 1. The summed E-state index contributed by atoms with van der Waals surface area (Å²) in [6.45, 7) is 7.02. The highest BCUT2D eigenvalue weighted by atomic mass is 16.5. The van der Waals surface area contributed by atoms with Gasteiger partial charge in [-0.05, 0) is 12.3 Å². The van der Waals surface area contributed by atoms with Crippen LogP contribution in [0.3, 0.4) is 0 Å². The Balaban J connectivity index is 2.24. The van der Waals surface area contributed by atoms with Gasteiger partial charge in [-0.25, -0.2) is 9.97 Å². The van der Waals surface area contributed by atoms with Crippen molar-refractivity contribution in [2.45, 2.75) is 26.2 Å². The van der Waals surface area contributed by atoms with Crippen LogP contribution >= 0.6 is 0 Å². The summed E-state index contributed by atoms with van der Waals surface area (Å²) in [5.41, 5.74) is 6.38. The number of aromatic nitrogens is 2. The van der Waals surface area contributed by atoms with E-state index in [2.05, 4.69) is 29.1 Å². The van der Waals surface area contributed by atoms with Crippen molar-refractivity contribution in [2.75, 3.05) is 31.6 Å². The Bertz CT molecular complexity index is 317. The number of hydrogen-bond donors (Lipinski definition) is 2. The normalized spacial score (nSPS) is 10.8.